The lowest BCUT2D eigenvalue weighted by Gasteiger charge is -2.32. The molecule has 0 bridgehead atoms. The lowest BCUT2D eigenvalue weighted by molar-refractivity contribution is 0.0587. The number of piperidine rings is 1. The summed E-state index contributed by atoms with van der Waals surface area (Å²) in [5.74, 6) is 0.642. The second-order valence-electron chi connectivity index (χ2n) is 7.48. The van der Waals surface area contributed by atoms with Crippen molar-refractivity contribution in [1.82, 2.24) is 14.9 Å². The molecule has 0 unspecified atom stereocenters. The molecule has 1 aliphatic rings. The highest BCUT2D eigenvalue weighted by Crippen LogP contribution is 2.23. The van der Waals surface area contributed by atoms with Crippen molar-refractivity contribution in [2.24, 2.45) is 0 Å². The Bertz CT molecular complexity index is 700. The highest BCUT2D eigenvalue weighted by molar-refractivity contribution is 5.94. The van der Waals surface area contributed by atoms with Crippen LogP contribution in [0.15, 0.2) is 42.9 Å². The molecule has 2 aromatic rings. The third kappa shape index (κ3) is 4.35. The van der Waals surface area contributed by atoms with Crippen LogP contribution in [0.3, 0.4) is 0 Å². The van der Waals surface area contributed by atoms with E-state index in [-0.39, 0.29) is 17.4 Å². The van der Waals surface area contributed by atoms with Crippen molar-refractivity contribution in [1.29, 1.82) is 0 Å². The molecule has 0 radical (unpaired) electrons. The number of carbonyl (C=O) groups is 1. The van der Waals surface area contributed by atoms with Crippen LogP contribution in [0.5, 0.6) is 5.88 Å². The predicted octanol–water partition coefficient (Wildman–Crippen LogP) is 3.46. The first-order chi connectivity index (χ1) is 11.9. The molecule has 0 N–H and O–H groups in total. The molecule has 0 spiro atoms. The number of benzene rings is 1. The Morgan fingerprint density at radius 1 is 1.12 bits per heavy atom. The zero-order valence-electron chi connectivity index (χ0n) is 15.1. The summed E-state index contributed by atoms with van der Waals surface area (Å²) in [5.41, 5.74) is 2.08. The maximum absolute atomic E-state index is 12.7. The number of amides is 1. The summed E-state index contributed by atoms with van der Waals surface area (Å²) in [6, 6.07) is 7.98. The molecule has 5 heteroatoms. The molecular weight excluding hydrogens is 314 g/mol. The molecule has 1 aromatic carbocycles. The fourth-order valence-electron chi connectivity index (χ4n) is 2.99. The van der Waals surface area contributed by atoms with Crippen LogP contribution < -0.4 is 4.74 Å². The first-order valence-electron chi connectivity index (χ1n) is 8.76. The van der Waals surface area contributed by atoms with Crippen molar-refractivity contribution in [3.05, 3.63) is 54.0 Å². The summed E-state index contributed by atoms with van der Waals surface area (Å²) in [6.45, 7) is 7.92. The van der Waals surface area contributed by atoms with Crippen molar-refractivity contribution in [2.75, 3.05) is 13.1 Å². The molecule has 0 atom stereocenters. The summed E-state index contributed by atoms with van der Waals surface area (Å²) >= 11 is 0. The number of rotatable bonds is 3. The van der Waals surface area contributed by atoms with E-state index in [1.54, 1.807) is 18.6 Å². The number of hydrogen-bond donors (Lipinski definition) is 0. The standard InChI is InChI=1S/C20H25N3O2/c1-20(2,3)16-6-4-15(5-7-16)19(24)23-12-8-17(9-13-23)25-18-14-21-10-11-22-18/h4-7,10-11,14,17H,8-9,12-13H2,1-3H3. The second kappa shape index (κ2) is 7.21. The van der Waals surface area contributed by atoms with Crippen LogP contribution in [0.2, 0.25) is 0 Å². The molecule has 132 valence electrons. The van der Waals surface area contributed by atoms with E-state index in [2.05, 4.69) is 42.9 Å². The van der Waals surface area contributed by atoms with Crippen molar-refractivity contribution in [2.45, 2.75) is 45.1 Å². The molecular formula is C20H25N3O2. The fraction of sp³-hybridized carbons (Fsp3) is 0.450. The average molecular weight is 339 g/mol. The van der Waals surface area contributed by atoms with Gasteiger partial charge in [-0.25, -0.2) is 4.98 Å². The van der Waals surface area contributed by atoms with E-state index in [1.165, 1.54) is 5.56 Å². The largest absolute Gasteiger partial charge is 0.473 e. The summed E-state index contributed by atoms with van der Waals surface area (Å²) in [5, 5.41) is 0. The normalized spacial score (nSPS) is 15.9. The molecule has 1 saturated heterocycles. The Labute approximate surface area is 149 Å². The molecule has 0 saturated carbocycles. The maximum atomic E-state index is 12.7. The summed E-state index contributed by atoms with van der Waals surface area (Å²) in [6.07, 6.45) is 6.57. The van der Waals surface area contributed by atoms with Crippen molar-refractivity contribution in [3.63, 3.8) is 0 Å². The van der Waals surface area contributed by atoms with E-state index < -0.39 is 0 Å². The van der Waals surface area contributed by atoms with E-state index in [0.717, 1.165) is 18.4 Å². The number of hydrogen-bond acceptors (Lipinski definition) is 4. The molecule has 1 fully saturated rings. The number of nitrogens with zero attached hydrogens (tertiary/aromatic N) is 3. The van der Waals surface area contributed by atoms with E-state index in [9.17, 15) is 4.79 Å². The van der Waals surface area contributed by atoms with Crippen LogP contribution in [-0.2, 0) is 5.41 Å². The Hall–Kier alpha value is -2.43. The minimum atomic E-state index is 0.0871. The average Bonchev–Trinajstić information content (AvgIpc) is 2.62. The van der Waals surface area contributed by atoms with Gasteiger partial charge in [0.15, 0.2) is 0 Å². The molecule has 1 aliphatic heterocycles. The molecule has 3 rings (SSSR count). The third-order valence-electron chi connectivity index (χ3n) is 4.55. The molecule has 25 heavy (non-hydrogen) atoms. The fourth-order valence-corrected chi connectivity index (χ4v) is 2.99. The Balaban J connectivity index is 1.56. The van der Waals surface area contributed by atoms with Crippen LogP contribution in [0.4, 0.5) is 0 Å². The number of carbonyl (C=O) groups excluding carboxylic acids is 1. The van der Waals surface area contributed by atoms with E-state index in [1.807, 2.05) is 17.0 Å². The predicted molar refractivity (Wildman–Crippen MR) is 96.7 cm³/mol. The third-order valence-corrected chi connectivity index (χ3v) is 4.55. The second-order valence-corrected chi connectivity index (χ2v) is 7.48. The van der Waals surface area contributed by atoms with Gasteiger partial charge in [-0.2, -0.15) is 0 Å². The van der Waals surface area contributed by atoms with Gasteiger partial charge in [-0.3, -0.25) is 9.78 Å². The van der Waals surface area contributed by atoms with Gasteiger partial charge in [0.25, 0.3) is 5.91 Å². The van der Waals surface area contributed by atoms with E-state index >= 15 is 0 Å². The minimum Gasteiger partial charge on any atom is -0.473 e. The summed E-state index contributed by atoms with van der Waals surface area (Å²) in [7, 11) is 0. The first-order valence-corrected chi connectivity index (χ1v) is 8.76. The van der Waals surface area contributed by atoms with Gasteiger partial charge < -0.3 is 9.64 Å². The van der Waals surface area contributed by atoms with Crippen LogP contribution in [0.1, 0.15) is 49.5 Å². The highest BCUT2D eigenvalue weighted by atomic mass is 16.5. The van der Waals surface area contributed by atoms with Gasteiger partial charge in [0, 0.05) is 43.9 Å². The SMILES string of the molecule is CC(C)(C)c1ccc(C(=O)N2CCC(Oc3cnccn3)CC2)cc1. The highest BCUT2D eigenvalue weighted by Gasteiger charge is 2.25. The van der Waals surface area contributed by atoms with E-state index in [0.29, 0.717) is 19.0 Å². The minimum absolute atomic E-state index is 0.0871. The van der Waals surface area contributed by atoms with Crippen LogP contribution >= 0.6 is 0 Å². The quantitative estimate of drug-likeness (QED) is 0.859. The number of aromatic nitrogens is 2. The molecule has 1 aromatic heterocycles. The van der Waals surface area contributed by atoms with Gasteiger partial charge in [-0.1, -0.05) is 32.9 Å². The van der Waals surface area contributed by atoms with Crippen LogP contribution in [0, 0.1) is 0 Å². The van der Waals surface area contributed by atoms with Crippen molar-refractivity contribution in [3.8, 4) is 5.88 Å². The van der Waals surface area contributed by atoms with E-state index in [4.69, 9.17) is 4.74 Å². The van der Waals surface area contributed by atoms with Crippen molar-refractivity contribution >= 4 is 5.91 Å². The topological polar surface area (TPSA) is 55.3 Å². The molecule has 0 aliphatic carbocycles. The van der Waals surface area contributed by atoms with Gasteiger partial charge in [-0.05, 0) is 23.1 Å². The van der Waals surface area contributed by atoms with Gasteiger partial charge in [-0.15, -0.1) is 0 Å². The lowest BCUT2D eigenvalue weighted by Crippen LogP contribution is -2.41. The smallest absolute Gasteiger partial charge is 0.253 e. The molecule has 2 heterocycles. The molecule has 1 amide bonds. The lowest BCUT2D eigenvalue weighted by atomic mass is 9.86. The Morgan fingerprint density at radius 2 is 1.80 bits per heavy atom. The van der Waals surface area contributed by atoms with Gasteiger partial charge in [0.05, 0.1) is 6.20 Å². The number of ether oxygens (including phenoxy) is 1. The van der Waals surface area contributed by atoms with Gasteiger partial charge >= 0.3 is 0 Å². The van der Waals surface area contributed by atoms with Gasteiger partial charge in [0.1, 0.15) is 6.10 Å². The first kappa shape index (κ1) is 17.4. The molecule has 5 nitrogen and oxygen atoms in total. The number of likely N-dealkylation sites (tertiary alicyclic amines) is 1. The van der Waals surface area contributed by atoms with Crippen LogP contribution in [0.25, 0.3) is 0 Å². The summed E-state index contributed by atoms with van der Waals surface area (Å²) in [4.78, 5) is 22.7. The van der Waals surface area contributed by atoms with Gasteiger partial charge in [0.2, 0.25) is 5.88 Å². The maximum Gasteiger partial charge on any atom is 0.253 e. The monoisotopic (exact) mass is 339 g/mol. The summed E-state index contributed by atoms with van der Waals surface area (Å²) < 4.78 is 5.83. The van der Waals surface area contributed by atoms with Crippen molar-refractivity contribution < 1.29 is 9.53 Å². The Morgan fingerprint density at radius 3 is 2.36 bits per heavy atom. The Kier molecular flexibility index (Phi) is 5.02. The van der Waals surface area contributed by atoms with Crippen LogP contribution in [-0.4, -0.2) is 40.0 Å². The zero-order valence-corrected chi connectivity index (χ0v) is 15.1. The zero-order chi connectivity index (χ0) is 17.9.